The van der Waals surface area contributed by atoms with Crippen molar-refractivity contribution in [3.63, 3.8) is 0 Å². The first-order valence-electron chi connectivity index (χ1n) is 5.12. The first-order chi connectivity index (χ1) is 6.11. The van der Waals surface area contributed by atoms with Crippen LogP contribution in [0.2, 0.25) is 0 Å². The van der Waals surface area contributed by atoms with Crippen LogP contribution < -0.4 is 0 Å². The van der Waals surface area contributed by atoms with E-state index in [0.29, 0.717) is 0 Å². The van der Waals surface area contributed by atoms with Crippen molar-refractivity contribution in [1.29, 1.82) is 0 Å². The number of rotatable bonds is 3. The molecule has 0 heterocycles. The third-order valence-electron chi connectivity index (χ3n) is 2.79. The van der Waals surface area contributed by atoms with Crippen LogP contribution in [0.15, 0.2) is 23.3 Å². The van der Waals surface area contributed by atoms with Gasteiger partial charge in [-0.25, -0.2) is 0 Å². The Morgan fingerprint density at radius 2 is 2.15 bits per heavy atom. The summed E-state index contributed by atoms with van der Waals surface area (Å²) in [5.74, 6) is 0.755. The van der Waals surface area contributed by atoms with Crippen LogP contribution in [0.25, 0.3) is 0 Å². The van der Waals surface area contributed by atoms with Crippen molar-refractivity contribution in [2.75, 3.05) is 20.6 Å². The zero-order valence-electron chi connectivity index (χ0n) is 9.30. The lowest BCUT2D eigenvalue weighted by atomic mass is 9.87. The molecule has 0 saturated heterocycles. The minimum atomic E-state index is 0.755. The molecule has 0 bridgehead atoms. The van der Waals surface area contributed by atoms with Gasteiger partial charge in [-0.3, -0.25) is 0 Å². The van der Waals surface area contributed by atoms with Crippen molar-refractivity contribution in [3.8, 4) is 0 Å². The lowest BCUT2D eigenvalue weighted by Crippen LogP contribution is -2.16. The van der Waals surface area contributed by atoms with Crippen LogP contribution in [-0.2, 0) is 0 Å². The maximum absolute atomic E-state index is 2.33. The van der Waals surface area contributed by atoms with Gasteiger partial charge in [0.2, 0.25) is 0 Å². The summed E-state index contributed by atoms with van der Waals surface area (Å²) in [6, 6.07) is 0. The maximum atomic E-state index is 2.33. The Labute approximate surface area is 82.1 Å². The summed E-state index contributed by atoms with van der Waals surface area (Å²) in [5.41, 5.74) is 3.14. The molecule has 1 aliphatic rings. The molecule has 0 radical (unpaired) electrons. The first kappa shape index (κ1) is 10.5. The highest BCUT2D eigenvalue weighted by atomic mass is 15.0. The summed E-state index contributed by atoms with van der Waals surface area (Å²) in [4.78, 5) is 2.26. The van der Waals surface area contributed by atoms with Crippen LogP contribution in [0, 0.1) is 5.92 Å². The van der Waals surface area contributed by atoms with Crippen molar-refractivity contribution in [3.05, 3.63) is 23.3 Å². The van der Waals surface area contributed by atoms with Crippen molar-refractivity contribution in [1.82, 2.24) is 4.90 Å². The molecular weight excluding hydrogens is 158 g/mol. The molecule has 0 aromatic heterocycles. The van der Waals surface area contributed by atoms with Crippen LogP contribution >= 0.6 is 0 Å². The highest BCUT2D eigenvalue weighted by Crippen LogP contribution is 2.27. The lowest BCUT2D eigenvalue weighted by Gasteiger charge is -2.22. The first-order valence-corrected chi connectivity index (χ1v) is 5.12. The van der Waals surface area contributed by atoms with Gasteiger partial charge in [0.1, 0.15) is 0 Å². The topological polar surface area (TPSA) is 3.24 Å². The molecule has 0 saturated carbocycles. The van der Waals surface area contributed by atoms with E-state index >= 15 is 0 Å². The molecule has 13 heavy (non-hydrogen) atoms. The Morgan fingerprint density at radius 3 is 2.69 bits per heavy atom. The van der Waals surface area contributed by atoms with Crippen molar-refractivity contribution in [2.24, 2.45) is 5.92 Å². The standard InChI is InChI=1S/C12H21N/c1-10-6-5-7-11(2)12(10)8-9-13(3)4/h5-6,11H,7-9H2,1-4H3. The molecule has 1 unspecified atom stereocenters. The average molecular weight is 179 g/mol. The van der Waals surface area contributed by atoms with Crippen molar-refractivity contribution < 1.29 is 0 Å². The summed E-state index contributed by atoms with van der Waals surface area (Å²) >= 11 is 0. The van der Waals surface area contributed by atoms with Gasteiger partial charge >= 0.3 is 0 Å². The zero-order chi connectivity index (χ0) is 9.84. The molecular formula is C12H21N. The molecule has 0 aliphatic heterocycles. The zero-order valence-corrected chi connectivity index (χ0v) is 9.30. The van der Waals surface area contributed by atoms with Crippen molar-refractivity contribution in [2.45, 2.75) is 26.7 Å². The molecule has 0 aromatic rings. The van der Waals surface area contributed by atoms with Gasteiger partial charge in [0.25, 0.3) is 0 Å². The van der Waals surface area contributed by atoms with Crippen LogP contribution in [0.1, 0.15) is 26.7 Å². The van der Waals surface area contributed by atoms with Gasteiger partial charge in [0, 0.05) is 6.54 Å². The van der Waals surface area contributed by atoms with Crippen LogP contribution in [0.4, 0.5) is 0 Å². The van der Waals surface area contributed by atoms with Gasteiger partial charge < -0.3 is 4.90 Å². The SMILES string of the molecule is CC1=C(CCN(C)C)C(C)CC=C1. The summed E-state index contributed by atoms with van der Waals surface area (Å²) < 4.78 is 0. The van der Waals surface area contributed by atoms with E-state index in [1.54, 1.807) is 5.57 Å². The summed E-state index contributed by atoms with van der Waals surface area (Å²) in [5, 5.41) is 0. The van der Waals surface area contributed by atoms with Crippen LogP contribution in [-0.4, -0.2) is 25.5 Å². The van der Waals surface area contributed by atoms with E-state index in [0.717, 1.165) is 5.92 Å². The normalized spacial score (nSPS) is 23.0. The molecule has 0 amide bonds. The smallest absolute Gasteiger partial charge is 0.00128 e. The fraction of sp³-hybridized carbons (Fsp3) is 0.667. The van der Waals surface area contributed by atoms with Crippen LogP contribution in [0.3, 0.4) is 0 Å². The Kier molecular flexibility index (Phi) is 3.73. The van der Waals surface area contributed by atoms with E-state index in [9.17, 15) is 0 Å². The van der Waals surface area contributed by atoms with Gasteiger partial charge in [-0.05, 0) is 39.8 Å². The third-order valence-corrected chi connectivity index (χ3v) is 2.79. The molecule has 1 heteroatoms. The van der Waals surface area contributed by atoms with E-state index in [1.165, 1.54) is 25.0 Å². The largest absolute Gasteiger partial charge is 0.309 e. The average Bonchev–Trinajstić information content (AvgIpc) is 2.03. The summed E-state index contributed by atoms with van der Waals surface area (Å²) in [6.45, 7) is 5.74. The van der Waals surface area contributed by atoms with E-state index in [2.05, 4.69) is 45.0 Å². The van der Waals surface area contributed by atoms with Gasteiger partial charge in [-0.2, -0.15) is 0 Å². The second-order valence-corrected chi connectivity index (χ2v) is 4.30. The number of allylic oxidation sites excluding steroid dienone is 3. The van der Waals surface area contributed by atoms with E-state index in [1.807, 2.05) is 0 Å². The fourth-order valence-electron chi connectivity index (χ4n) is 1.87. The monoisotopic (exact) mass is 179 g/mol. The second-order valence-electron chi connectivity index (χ2n) is 4.30. The van der Waals surface area contributed by atoms with Crippen LogP contribution in [0.5, 0.6) is 0 Å². The Hall–Kier alpha value is -0.560. The van der Waals surface area contributed by atoms with E-state index in [4.69, 9.17) is 0 Å². The number of hydrogen-bond acceptors (Lipinski definition) is 1. The molecule has 1 nitrogen and oxygen atoms in total. The quantitative estimate of drug-likeness (QED) is 0.644. The van der Waals surface area contributed by atoms with E-state index < -0.39 is 0 Å². The minimum Gasteiger partial charge on any atom is -0.309 e. The fourth-order valence-corrected chi connectivity index (χ4v) is 1.87. The molecule has 1 aliphatic carbocycles. The third kappa shape index (κ3) is 3.00. The second kappa shape index (κ2) is 4.61. The minimum absolute atomic E-state index is 0.755. The molecule has 0 aromatic carbocycles. The summed E-state index contributed by atoms with van der Waals surface area (Å²) in [7, 11) is 4.28. The highest BCUT2D eigenvalue weighted by molar-refractivity contribution is 5.29. The Morgan fingerprint density at radius 1 is 1.46 bits per heavy atom. The predicted molar refractivity (Wildman–Crippen MR) is 58.8 cm³/mol. The van der Waals surface area contributed by atoms with Gasteiger partial charge in [0.05, 0.1) is 0 Å². The molecule has 1 rings (SSSR count). The number of hydrogen-bond donors (Lipinski definition) is 0. The lowest BCUT2D eigenvalue weighted by molar-refractivity contribution is 0.404. The molecule has 0 spiro atoms. The molecule has 0 N–H and O–H groups in total. The molecule has 74 valence electrons. The highest BCUT2D eigenvalue weighted by Gasteiger charge is 2.12. The van der Waals surface area contributed by atoms with Gasteiger partial charge in [-0.15, -0.1) is 0 Å². The Balaban J connectivity index is 2.58. The summed E-state index contributed by atoms with van der Waals surface area (Å²) in [6.07, 6.45) is 7.01. The number of nitrogens with zero attached hydrogens (tertiary/aromatic N) is 1. The Bertz CT molecular complexity index is 223. The predicted octanol–water partition coefficient (Wildman–Crippen LogP) is 2.85. The van der Waals surface area contributed by atoms with E-state index in [-0.39, 0.29) is 0 Å². The van der Waals surface area contributed by atoms with Crippen molar-refractivity contribution >= 4 is 0 Å². The van der Waals surface area contributed by atoms with Gasteiger partial charge in [0.15, 0.2) is 0 Å². The maximum Gasteiger partial charge on any atom is 0.00128 e. The van der Waals surface area contributed by atoms with Gasteiger partial charge in [-0.1, -0.05) is 30.2 Å². The molecule has 1 atom stereocenters. The molecule has 0 fully saturated rings.